The van der Waals surface area contributed by atoms with Crippen LogP contribution in [0.1, 0.15) is 11.4 Å². The molecular weight excluding hydrogens is 254 g/mol. The largest absolute Gasteiger partial charge is 0.355 e. The lowest BCUT2D eigenvalue weighted by molar-refractivity contribution is 1.08. The van der Waals surface area contributed by atoms with E-state index in [2.05, 4.69) is 56.1 Å². The first kappa shape index (κ1) is 10.7. The number of para-hydroxylation sites is 1. The molecule has 3 heterocycles. The highest BCUT2D eigenvalue weighted by atomic mass is 32.2. The summed E-state index contributed by atoms with van der Waals surface area (Å²) in [5.74, 6) is 0. The minimum atomic E-state index is -0.0417. The maximum absolute atomic E-state index is 4.27. The number of hydrogen-bond acceptors (Lipinski definition) is 2. The van der Waals surface area contributed by atoms with E-state index in [0.29, 0.717) is 0 Å². The summed E-state index contributed by atoms with van der Waals surface area (Å²) < 4.78 is 0. The van der Waals surface area contributed by atoms with E-state index in [0.717, 1.165) is 11.4 Å². The lowest BCUT2D eigenvalue weighted by atomic mass is 10.2. The fourth-order valence-electron chi connectivity index (χ4n) is 2.24. The molecule has 1 aliphatic rings. The van der Waals surface area contributed by atoms with Crippen LogP contribution in [0.25, 0.3) is 17.0 Å². The molecule has 4 heteroatoms. The SMILES string of the molecule is C1=CS(=Cc2cc3ccccc3[nH]2)c2cncnc21. The van der Waals surface area contributed by atoms with E-state index in [-0.39, 0.29) is 10.5 Å². The zero-order valence-electron chi connectivity index (χ0n) is 10.1. The van der Waals surface area contributed by atoms with Crippen molar-refractivity contribution in [3.8, 4) is 0 Å². The molecule has 0 saturated heterocycles. The fraction of sp³-hybridized carbons (Fsp3) is 0. The Hall–Kier alpha value is -2.20. The van der Waals surface area contributed by atoms with Gasteiger partial charge in [0.1, 0.15) is 6.33 Å². The first-order valence-corrected chi connectivity index (χ1v) is 7.38. The average Bonchev–Trinajstić information content (AvgIpc) is 3.03. The molecule has 0 spiro atoms. The Balaban J connectivity index is 1.83. The molecular formula is C15H11N3S. The molecule has 0 amide bonds. The Kier molecular flexibility index (Phi) is 2.35. The van der Waals surface area contributed by atoms with Crippen molar-refractivity contribution in [1.29, 1.82) is 0 Å². The lowest BCUT2D eigenvalue weighted by Gasteiger charge is -1.99. The van der Waals surface area contributed by atoms with Gasteiger partial charge < -0.3 is 4.98 Å². The van der Waals surface area contributed by atoms with Gasteiger partial charge in [0.25, 0.3) is 0 Å². The third-order valence-corrected chi connectivity index (χ3v) is 4.90. The number of rotatable bonds is 1. The summed E-state index contributed by atoms with van der Waals surface area (Å²) in [6.07, 6.45) is 5.57. The number of hydrogen-bond donors (Lipinski definition) is 1. The Morgan fingerprint density at radius 3 is 3.11 bits per heavy atom. The summed E-state index contributed by atoms with van der Waals surface area (Å²) in [5, 5.41) is 5.67. The van der Waals surface area contributed by atoms with Gasteiger partial charge in [0.05, 0.1) is 5.69 Å². The van der Waals surface area contributed by atoms with Crippen molar-refractivity contribution in [3.05, 3.63) is 59.7 Å². The highest BCUT2D eigenvalue weighted by Crippen LogP contribution is 2.36. The maximum Gasteiger partial charge on any atom is 0.116 e. The summed E-state index contributed by atoms with van der Waals surface area (Å²) in [6.45, 7) is 0. The average molecular weight is 265 g/mol. The van der Waals surface area contributed by atoms with Crippen LogP contribution in [0.15, 0.2) is 53.2 Å². The van der Waals surface area contributed by atoms with Crippen molar-refractivity contribution < 1.29 is 0 Å². The van der Waals surface area contributed by atoms with Crippen molar-refractivity contribution in [2.24, 2.45) is 0 Å². The zero-order valence-corrected chi connectivity index (χ0v) is 10.9. The predicted octanol–water partition coefficient (Wildman–Crippen LogP) is 3.42. The van der Waals surface area contributed by atoms with Crippen LogP contribution in [0.5, 0.6) is 0 Å². The van der Waals surface area contributed by atoms with Crippen molar-refractivity contribution in [3.63, 3.8) is 0 Å². The quantitative estimate of drug-likeness (QED) is 0.685. The van der Waals surface area contributed by atoms with Crippen LogP contribution in [0.2, 0.25) is 0 Å². The third kappa shape index (κ3) is 1.81. The Labute approximate surface area is 113 Å². The van der Waals surface area contributed by atoms with Gasteiger partial charge >= 0.3 is 0 Å². The smallest absolute Gasteiger partial charge is 0.116 e. The summed E-state index contributed by atoms with van der Waals surface area (Å²) in [6, 6.07) is 10.5. The fourth-order valence-corrected chi connectivity index (χ4v) is 3.82. The van der Waals surface area contributed by atoms with E-state index in [9.17, 15) is 0 Å². The number of fused-ring (bicyclic) bond motifs is 2. The van der Waals surface area contributed by atoms with Gasteiger partial charge in [-0.3, -0.25) is 0 Å². The zero-order chi connectivity index (χ0) is 12.7. The Bertz CT molecular complexity index is 797. The molecule has 3 nitrogen and oxygen atoms in total. The van der Waals surface area contributed by atoms with Crippen molar-refractivity contribution in [2.45, 2.75) is 4.90 Å². The number of aromatic amines is 1. The molecule has 4 rings (SSSR count). The van der Waals surface area contributed by atoms with Crippen molar-refractivity contribution in [2.75, 3.05) is 0 Å². The van der Waals surface area contributed by atoms with Crippen LogP contribution in [0, 0.1) is 0 Å². The van der Waals surface area contributed by atoms with E-state index < -0.39 is 0 Å². The molecule has 0 saturated carbocycles. The first-order valence-electron chi connectivity index (χ1n) is 6.03. The Morgan fingerprint density at radius 1 is 1.21 bits per heavy atom. The van der Waals surface area contributed by atoms with Crippen LogP contribution in [0.3, 0.4) is 0 Å². The minimum Gasteiger partial charge on any atom is -0.355 e. The predicted molar refractivity (Wildman–Crippen MR) is 80.4 cm³/mol. The van der Waals surface area contributed by atoms with Crippen LogP contribution in [-0.2, 0) is 0 Å². The standard InChI is InChI=1S/C15H11N3S/c1-2-4-13-11(3-1)7-12(18-13)9-19-6-5-14-15(19)8-16-10-17-14/h1-10,18H. The van der Waals surface area contributed by atoms with Crippen molar-refractivity contribution >= 4 is 32.8 Å². The summed E-state index contributed by atoms with van der Waals surface area (Å²) >= 11 is 0. The molecule has 92 valence electrons. The van der Waals surface area contributed by atoms with Gasteiger partial charge in [-0.25, -0.2) is 9.97 Å². The summed E-state index contributed by atoms with van der Waals surface area (Å²) in [4.78, 5) is 13.0. The molecule has 1 atom stereocenters. The molecule has 3 aromatic rings. The van der Waals surface area contributed by atoms with Crippen LogP contribution in [0.4, 0.5) is 0 Å². The number of H-pyrrole nitrogens is 1. The van der Waals surface area contributed by atoms with Gasteiger partial charge in [-0.1, -0.05) is 18.2 Å². The van der Waals surface area contributed by atoms with Crippen LogP contribution >= 0.6 is 10.5 Å². The van der Waals surface area contributed by atoms with Crippen molar-refractivity contribution in [1.82, 2.24) is 15.0 Å². The molecule has 1 N–H and O–H groups in total. The number of nitrogens with zero attached hydrogens (tertiary/aromatic N) is 2. The van der Waals surface area contributed by atoms with Gasteiger partial charge in [0, 0.05) is 22.3 Å². The molecule has 0 radical (unpaired) electrons. The first-order chi connectivity index (χ1) is 9.40. The highest BCUT2D eigenvalue weighted by Gasteiger charge is 2.10. The van der Waals surface area contributed by atoms with Gasteiger partial charge in [0.2, 0.25) is 0 Å². The van der Waals surface area contributed by atoms with E-state index in [1.54, 1.807) is 6.33 Å². The molecule has 19 heavy (non-hydrogen) atoms. The maximum atomic E-state index is 4.27. The number of aromatic nitrogens is 3. The van der Waals surface area contributed by atoms with E-state index >= 15 is 0 Å². The van der Waals surface area contributed by atoms with Gasteiger partial charge in [0.15, 0.2) is 0 Å². The van der Waals surface area contributed by atoms with Gasteiger partial charge in [-0.15, -0.1) is 10.5 Å². The topological polar surface area (TPSA) is 41.6 Å². The molecule has 1 aromatic carbocycles. The number of benzene rings is 1. The molecule has 2 aromatic heterocycles. The molecule has 1 aliphatic heterocycles. The van der Waals surface area contributed by atoms with Gasteiger partial charge in [-0.05, 0) is 34.4 Å². The molecule has 0 fully saturated rings. The van der Waals surface area contributed by atoms with E-state index in [1.807, 2.05) is 12.3 Å². The van der Waals surface area contributed by atoms with E-state index in [4.69, 9.17) is 0 Å². The molecule has 0 aliphatic carbocycles. The van der Waals surface area contributed by atoms with Gasteiger partial charge in [-0.2, -0.15) is 0 Å². The highest BCUT2D eigenvalue weighted by molar-refractivity contribution is 8.18. The van der Waals surface area contributed by atoms with Crippen LogP contribution in [-0.4, -0.2) is 20.3 Å². The minimum absolute atomic E-state index is 0.0417. The summed E-state index contributed by atoms with van der Waals surface area (Å²) in [7, 11) is -0.0417. The second-order valence-corrected chi connectivity index (χ2v) is 6.07. The number of nitrogens with one attached hydrogen (secondary N) is 1. The summed E-state index contributed by atoms with van der Waals surface area (Å²) in [5.41, 5.74) is 3.35. The monoisotopic (exact) mass is 265 g/mol. The lowest BCUT2D eigenvalue weighted by Crippen LogP contribution is -1.85. The molecule has 0 bridgehead atoms. The second kappa shape index (κ2) is 4.17. The second-order valence-electron chi connectivity index (χ2n) is 4.38. The Morgan fingerprint density at radius 2 is 2.16 bits per heavy atom. The van der Waals surface area contributed by atoms with E-state index in [1.165, 1.54) is 15.8 Å². The normalized spacial score (nSPS) is 17.2. The molecule has 1 unspecified atom stereocenters. The van der Waals surface area contributed by atoms with Crippen LogP contribution < -0.4 is 0 Å². The third-order valence-electron chi connectivity index (χ3n) is 3.14.